The fourth-order valence-electron chi connectivity index (χ4n) is 2.26. The van der Waals surface area contributed by atoms with Gasteiger partial charge in [-0.1, -0.05) is 41.1 Å². The van der Waals surface area contributed by atoms with Gasteiger partial charge in [0.05, 0.1) is 0 Å². The molecular weight excluding hydrogens is 268 g/mol. The Labute approximate surface area is 105 Å². The van der Waals surface area contributed by atoms with Gasteiger partial charge in [0, 0.05) is 4.47 Å². The fourth-order valence-corrected chi connectivity index (χ4v) is 4.20. The summed E-state index contributed by atoms with van der Waals surface area (Å²) in [5, 5.41) is 0. The predicted octanol–water partition coefficient (Wildman–Crippen LogP) is 4.70. The molecule has 1 saturated heterocycles. The predicted molar refractivity (Wildman–Crippen MR) is 72.6 cm³/mol. The third kappa shape index (κ3) is 2.79. The van der Waals surface area contributed by atoms with Gasteiger partial charge in [-0.05, 0) is 47.8 Å². The molecule has 2 heteroatoms. The molecule has 2 unspecified atom stereocenters. The van der Waals surface area contributed by atoms with Crippen LogP contribution < -0.4 is 0 Å². The van der Waals surface area contributed by atoms with Crippen molar-refractivity contribution < 1.29 is 0 Å². The van der Waals surface area contributed by atoms with Gasteiger partial charge in [0.25, 0.3) is 0 Å². The zero-order valence-corrected chi connectivity index (χ0v) is 11.5. The average molecular weight is 285 g/mol. The Morgan fingerprint density at radius 2 is 2.20 bits per heavy atom. The third-order valence-corrected chi connectivity index (χ3v) is 5.26. The molecule has 1 aliphatic rings. The molecule has 1 aromatic rings. The van der Waals surface area contributed by atoms with Crippen LogP contribution in [-0.4, -0.2) is 11.5 Å². The van der Waals surface area contributed by atoms with Crippen LogP contribution in [0.3, 0.4) is 0 Å². The van der Waals surface area contributed by atoms with Gasteiger partial charge in [-0.15, -0.1) is 0 Å². The maximum Gasteiger partial charge on any atom is 0.0210 e. The molecular formula is C13H17BrS. The summed E-state index contributed by atoms with van der Waals surface area (Å²) in [6, 6.07) is 8.65. The Bertz CT molecular complexity index is 318. The van der Waals surface area contributed by atoms with E-state index < -0.39 is 0 Å². The highest BCUT2D eigenvalue weighted by Crippen LogP contribution is 2.36. The lowest BCUT2D eigenvalue weighted by molar-refractivity contribution is 0.447. The number of benzene rings is 1. The zero-order valence-electron chi connectivity index (χ0n) is 9.08. The van der Waals surface area contributed by atoms with Gasteiger partial charge in [-0.25, -0.2) is 0 Å². The Morgan fingerprint density at radius 3 is 2.87 bits per heavy atom. The molecule has 0 nitrogen and oxygen atoms in total. The first kappa shape index (κ1) is 11.5. The second kappa shape index (κ2) is 5.40. The van der Waals surface area contributed by atoms with E-state index in [-0.39, 0.29) is 0 Å². The average Bonchev–Trinajstić information content (AvgIpc) is 2.30. The summed E-state index contributed by atoms with van der Waals surface area (Å²) in [6.07, 6.45) is 2.79. The maximum absolute atomic E-state index is 3.66. The van der Waals surface area contributed by atoms with Crippen LogP contribution in [0.5, 0.6) is 0 Å². The molecule has 0 aromatic heterocycles. The topological polar surface area (TPSA) is 0 Å². The van der Waals surface area contributed by atoms with Crippen molar-refractivity contribution in [2.75, 3.05) is 11.5 Å². The number of hydrogen-bond donors (Lipinski definition) is 0. The third-order valence-electron chi connectivity index (χ3n) is 3.30. The molecule has 0 amide bonds. The molecule has 1 heterocycles. The molecule has 2 atom stereocenters. The van der Waals surface area contributed by atoms with Crippen molar-refractivity contribution in [1.29, 1.82) is 0 Å². The molecule has 2 rings (SSSR count). The van der Waals surface area contributed by atoms with Crippen molar-refractivity contribution in [2.24, 2.45) is 5.92 Å². The molecule has 0 N–H and O–H groups in total. The van der Waals surface area contributed by atoms with E-state index in [0.29, 0.717) is 5.92 Å². The van der Waals surface area contributed by atoms with Gasteiger partial charge in [-0.2, -0.15) is 11.8 Å². The highest BCUT2D eigenvalue weighted by molar-refractivity contribution is 9.10. The van der Waals surface area contributed by atoms with Crippen LogP contribution in [0.2, 0.25) is 0 Å². The Balaban J connectivity index is 2.12. The number of thioether (sulfide) groups is 1. The number of hydrogen-bond acceptors (Lipinski definition) is 1. The summed E-state index contributed by atoms with van der Waals surface area (Å²) in [4.78, 5) is 0. The first-order chi connectivity index (χ1) is 7.29. The Hall–Kier alpha value is 0.0500. The standard InChI is InChI=1S/C13H17BrS/c1-10(11-5-4-8-15-9-11)12-6-2-3-7-13(12)14/h2-3,6-7,10-11H,4-5,8-9H2,1H3. The quantitative estimate of drug-likeness (QED) is 0.759. The van der Waals surface area contributed by atoms with Gasteiger partial charge in [0.2, 0.25) is 0 Å². The second-order valence-electron chi connectivity index (χ2n) is 4.29. The van der Waals surface area contributed by atoms with Gasteiger partial charge in [0.15, 0.2) is 0 Å². The SMILES string of the molecule is CC(c1ccccc1Br)C1CCCSC1. The summed E-state index contributed by atoms with van der Waals surface area (Å²) in [7, 11) is 0. The summed E-state index contributed by atoms with van der Waals surface area (Å²) in [5.74, 6) is 4.25. The summed E-state index contributed by atoms with van der Waals surface area (Å²) >= 11 is 5.77. The molecule has 1 fully saturated rings. The van der Waals surface area contributed by atoms with Gasteiger partial charge >= 0.3 is 0 Å². The lowest BCUT2D eigenvalue weighted by Crippen LogP contribution is -2.17. The molecule has 0 bridgehead atoms. The number of rotatable bonds is 2. The van der Waals surface area contributed by atoms with Crippen molar-refractivity contribution in [1.82, 2.24) is 0 Å². The largest absolute Gasteiger partial charge is 0.162 e. The van der Waals surface area contributed by atoms with E-state index in [4.69, 9.17) is 0 Å². The van der Waals surface area contributed by atoms with Crippen molar-refractivity contribution in [3.8, 4) is 0 Å². The molecule has 82 valence electrons. The summed E-state index contributed by atoms with van der Waals surface area (Å²) < 4.78 is 1.27. The van der Waals surface area contributed by atoms with E-state index in [1.54, 1.807) is 0 Å². The zero-order chi connectivity index (χ0) is 10.7. The van der Waals surface area contributed by atoms with Gasteiger partial charge in [0.1, 0.15) is 0 Å². The van der Waals surface area contributed by atoms with Gasteiger partial charge < -0.3 is 0 Å². The van der Waals surface area contributed by atoms with Crippen LogP contribution in [0, 0.1) is 5.92 Å². The highest BCUT2D eigenvalue weighted by atomic mass is 79.9. The number of halogens is 1. The van der Waals surface area contributed by atoms with E-state index in [1.807, 2.05) is 0 Å². The van der Waals surface area contributed by atoms with Crippen LogP contribution in [0.1, 0.15) is 31.2 Å². The highest BCUT2D eigenvalue weighted by Gasteiger charge is 2.22. The molecule has 15 heavy (non-hydrogen) atoms. The smallest absolute Gasteiger partial charge is 0.0210 e. The van der Waals surface area contributed by atoms with Crippen molar-refractivity contribution in [3.63, 3.8) is 0 Å². The first-order valence-electron chi connectivity index (χ1n) is 5.61. The second-order valence-corrected chi connectivity index (χ2v) is 6.29. The van der Waals surface area contributed by atoms with E-state index >= 15 is 0 Å². The lowest BCUT2D eigenvalue weighted by Gasteiger charge is -2.28. The molecule has 0 aliphatic carbocycles. The van der Waals surface area contributed by atoms with E-state index in [9.17, 15) is 0 Å². The van der Waals surface area contributed by atoms with Crippen LogP contribution in [0.25, 0.3) is 0 Å². The normalized spacial score (nSPS) is 23.7. The Morgan fingerprint density at radius 1 is 1.40 bits per heavy atom. The molecule has 0 spiro atoms. The van der Waals surface area contributed by atoms with Gasteiger partial charge in [-0.3, -0.25) is 0 Å². The molecule has 0 saturated carbocycles. The summed E-state index contributed by atoms with van der Waals surface area (Å²) in [6.45, 7) is 2.37. The van der Waals surface area contributed by atoms with E-state index in [1.165, 1.54) is 34.4 Å². The molecule has 1 aliphatic heterocycles. The lowest BCUT2D eigenvalue weighted by atomic mass is 9.86. The van der Waals surface area contributed by atoms with E-state index in [0.717, 1.165) is 5.92 Å². The molecule has 1 aromatic carbocycles. The Kier molecular flexibility index (Phi) is 4.15. The van der Waals surface area contributed by atoms with Crippen molar-refractivity contribution in [3.05, 3.63) is 34.3 Å². The maximum atomic E-state index is 3.66. The first-order valence-corrected chi connectivity index (χ1v) is 7.56. The minimum Gasteiger partial charge on any atom is -0.162 e. The minimum absolute atomic E-state index is 0.688. The van der Waals surface area contributed by atoms with Crippen LogP contribution in [0.15, 0.2) is 28.7 Å². The minimum atomic E-state index is 0.688. The van der Waals surface area contributed by atoms with Crippen molar-refractivity contribution >= 4 is 27.7 Å². The monoisotopic (exact) mass is 284 g/mol. The van der Waals surface area contributed by atoms with Crippen LogP contribution >= 0.6 is 27.7 Å². The fraction of sp³-hybridized carbons (Fsp3) is 0.538. The molecule has 0 radical (unpaired) electrons. The van der Waals surface area contributed by atoms with Crippen molar-refractivity contribution in [2.45, 2.75) is 25.7 Å². The van der Waals surface area contributed by atoms with E-state index in [2.05, 4.69) is 58.9 Å². The van der Waals surface area contributed by atoms with Crippen LogP contribution in [0.4, 0.5) is 0 Å². The van der Waals surface area contributed by atoms with Crippen LogP contribution in [-0.2, 0) is 0 Å². The summed E-state index contributed by atoms with van der Waals surface area (Å²) in [5.41, 5.74) is 1.48.